The number of carbonyl (C=O) groups excluding carboxylic acids is 1. The van der Waals surface area contributed by atoms with Crippen molar-refractivity contribution >= 4 is 17.9 Å². The molecule has 1 aromatic rings. The Labute approximate surface area is 142 Å². The normalized spacial score (nSPS) is 17.5. The molecule has 1 fully saturated rings. The van der Waals surface area contributed by atoms with Crippen molar-refractivity contribution in [3.8, 4) is 0 Å². The van der Waals surface area contributed by atoms with Gasteiger partial charge in [0.15, 0.2) is 0 Å². The SMILES string of the molecule is CC(C)(C)OC(=O)CC1(NCc2nc(N)nc(N)n2)CCCCC1. The predicted octanol–water partition coefficient (Wildman–Crippen LogP) is 1.56. The zero-order valence-electron chi connectivity index (χ0n) is 14.8. The lowest BCUT2D eigenvalue weighted by Gasteiger charge is -2.38. The molecule has 24 heavy (non-hydrogen) atoms. The first-order chi connectivity index (χ1) is 11.2. The van der Waals surface area contributed by atoms with E-state index in [1.165, 1.54) is 6.42 Å². The monoisotopic (exact) mass is 336 g/mol. The highest BCUT2D eigenvalue weighted by Crippen LogP contribution is 2.32. The van der Waals surface area contributed by atoms with Crippen LogP contribution in [0.15, 0.2) is 0 Å². The number of nitrogens with one attached hydrogen (secondary N) is 1. The molecule has 1 aliphatic rings. The number of hydrogen-bond acceptors (Lipinski definition) is 8. The van der Waals surface area contributed by atoms with E-state index in [2.05, 4.69) is 20.3 Å². The second-order valence-electron chi connectivity index (χ2n) is 7.43. The summed E-state index contributed by atoms with van der Waals surface area (Å²) in [6, 6.07) is 0. The first-order valence-electron chi connectivity index (χ1n) is 8.40. The Morgan fingerprint density at radius 1 is 1.12 bits per heavy atom. The average Bonchev–Trinajstić information content (AvgIpc) is 2.43. The summed E-state index contributed by atoms with van der Waals surface area (Å²) in [5.41, 5.74) is 10.4. The number of nitrogen functional groups attached to an aromatic ring is 2. The van der Waals surface area contributed by atoms with Crippen LogP contribution in [0.4, 0.5) is 11.9 Å². The number of hydrogen-bond donors (Lipinski definition) is 3. The fourth-order valence-corrected chi connectivity index (χ4v) is 3.10. The maximum atomic E-state index is 12.3. The number of carbonyl (C=O) groups is 1. The van der Waals surface area contributed by atoms with Gasteiger partial charge in [0, 0.05) is 5.54 Å². The molecule has 1 heterocycles. The smallest absolute Gasteiger partial charge is 0.308 e. The largest absolute Gasteiger partial charge is 0.460 e. The van der Waals surface area contributed by atoms with Gasteiger partial charge in [-0.3, -0.25) is 4.79 Å². The molecular formula is C16H28N6O2. The van der Waals surface area contributed by atoms with E-state index in [0.29, 0.717) is 18.8 Å². The Morgan fingerprint density at radius 2 is 1.71 bits per heavy atom. The van der Waals surface area contributed by atoms with E-state index in [-0.39, 0.29) is 23.4 Å². The van der Waals surface area contributed by atoms with Crippen LogP contribution >= 0.6 is 0 Å². The summed E-state index contributed by atoms with van der Waals surface area (Å²) in [4.78, 5) is 24.2. The lowest BCUT2D eigenvalue weighted by atomic mass is 9.79. The summed E-state index contributed by atoms with van der Waals surface area (Å²) in [7, 11) is 0. The third-order valence-corrected chi connectivity index (χ3v) is 4.05. The van der Waals surface area contributed by atoms with Gasteiger partial charge < -0.3 is 21.5 Å². The molecule has 0 radical (unpaired) electrons. The highest BCUT2D eigenvalue weighted by Gasteiger charge is 2.35. The molecule has 0 unspecified atom stereocenters. The quantitative estimate of drug-likeness (QED) is 0.691. The molecule has 0 aliphatic heterocycles. The van der Waals surface area contributed by atoms with Crippen molar-refractivity contribution in [3.63, 3.8) is 0 Å². The van der Waals surface area contributed by atoms with Gasteiger partial charge in [0.05, 0.1) is 13.0 Å². The van der Waals surface area contributed by atoms with E-state index in [0.717, 1.165) is 25.7 Å². The van der Waals surface area contributed by atoms with Crippen LogP contribution in [0.1, 0.15) is 65.1 Å². The predicted molar refractivity (Wildman–Crippen MR) is 91.8 cm³/mol. The number of aromatic nitrogens is 3. The summed E-state index contributed by atoms with van der Waals surface area (Å²) in [6.07, 6.45) is 5.52. The molecule has 0 aromatic carbocycles. The first-order valence-corrected chi connectivity index (χ1v) is 8.40. The van der Waals surface area contributed by atoms with Gasteiger partial charge in [0.25, 0.3) is 0 Å². The third kappa shape index (κ3) is 5.59. The first kappa shape index (κ1) is 18.4. The van der Waals surface area contributed by atoms with Gasteiger partial charge in [-0.2, -0.15) is 15.0 Å². The van der Waals surface area contributed by atoms with Crippen LogP contribution in [-0.4, -0.2) is 32.1 Å². The Balaban J connectivity index is 2.05. The van der Waals surface area contributed by atoms with Gasteiger partial charge >= 0.3 is 5.97 Å². The molecule has 2 rings (SSSR count). The Kier molecular flexibility index (Phi) is 5.58. The molecule has 8 heteroatoms. The summed E-state index contributed by atoms with van der Waals surface area (Å²) >= 11 is 0. The van der Waals surface area contributed by atoms with E-state index >= 15 is 0 Å². The maximum absolute atomic E-state index is 12.3. The fourth-order valence-electron chi connectivity index (χ4n) is 3.10. The molecular weight excluding hydrogens is 308 g/mol. The standard InChI is InChI=1S/C16H28N6O2/c1-15(2,3)24-12(23)9-16(7-5-4-6-8-16)19-10-11-20-13(17)22-14(18)21-11/h19H,4-10H2,1-3H3,(H4,17,18,20,21,22). The summed E-state index contributed by atoms with van der Waals surface area (Å²) in [5, 5.41) is 3.46. The number of rotatable bonds is 5. The number of nitrogens with zero attached hydrogens (tertiary/aromatic N) is 3. The van der Waals surface area contributed by atoms with E-state index in [9.17, 15) is 4.79 Å². The number of esters is 1. The molecule has 8 nitrogen and oxygen atoms in total. The van der Waals surface area contributed by atoms with Crippen molar-refractivity contribution in [2.45, 2.75) is 77.0 Å². The van der Waals surface area contributed by atoms with Crippen molar-refractivity contribution in [3.05, 3.63) is 5.82 Å². The Morgan fingerprint density at radius 3 is 2.25 bits per heavy atom. The molecule has 0 atom stereocenters. The lowest BCUT2D eigenvalue weighted by molar-refractivity contribution is -0.157. The van der Waals surface area contributed by atoms with Crippen LogP contribution < -0.4 is 16.8 Å². The fraction of sp³-hybridized carbons (Fsp3) is 0.750. The number of anilines is 2. The second kappa shape index (κ2) is 7.29. The van der Waals surface area contributed by atoms with Gasteiger partial charge in [0.1, 0.15) is 11.4 Å². The van der Waals surface area contributed by atoms with Crippen molar-refractivity contribution < 1.29 is 9.53 Å². The summed E-state index contributed by atoms with van der Waals surface area (Å²) < 4.78 is 5.50. The number of ether oxygens (including phenoxy) is 1. The molecule has 134 valence electrons. The Bertz CT molecular complexity index is 558. The Hall–Kier alpha value is -1.96. The zero-order valence-corrected chi connectivity index (χ0v) is 14.8. The molecule has 1 aromatic heterocycles. The van der Waals surface area contributed by atoms with Crippen molar-refractivity contribution in [1.82, 2.24) is 20.3 Å². The van der Waals surface area contributed by atoms with Crippen LogP contribution in [-0.2, 0) is 16.1 Å². The van der Waals surface area contributed by atoms with E-state index in [4.69, 9.17) is 16.2 Å². The summed E-state index contributed by atoms with van der Waals surface area (Å²) in [5.74, 6) is 0.494. The third-order valence-electron chi connectivity index (χ3n) is 4.05. The van der Waals surface area contributed by atoms with Crippen LogP contribution in [0, 0.1) is 0 Å². The van der Waals surface area contributed by atoms with E-state index in [1.807, 2.05) is 20.8 Å². The molecule has 0 saturated heterocycles. The molecule has 5 N–H and O–H groups in total. The summed E-state index contributed by atoms with van der Waals surface area (Å²) in [6.45, 7) is 6.02. The number of nitrogens with two attached hydrogens (primary N) is 2. The minimum absolute atomic E-state index is 0.101. The van der Waals surface area contributed by atoms with Crippen LogP contribution in [0.25, 0.3) is 0 Å². The molecule has 0 bridgehead atoms. The van der Waals surface area contributed by atoms with Gasteiger partial charge in [-0.15, -0.1) is 0 Å². The van der Waals surface area contributed by atoms with Gasteiger partial charge in [-0.25, -0.2) is 0 Å². The zero-order chi connectivity index (χ0) is 17.8. The lowest BCUT2D eigenvalue weighted by Crippen LogP contribution is -2.49. The maximum Gasteiger partial charge on any atom is 0.308 e. The van der Waals surface area contributed by atoms with E-state index in [1.54, 1.807) is 0 Å². The van der Waals surface area contributed by atoms with Crippen LogP contribution in [0.5, 0.6) is 0 Å². The van der Waals surface area contributed by atoms with E-state index < -0.39 is 5.60 Å². The molecule has 1 aliphatic carbocycles. The topological polar surface area (TPSA) is 129 Å². The van der Waals surface area contributed by atoms with Gasteiger partial charge in [0.2, 0.25) is 11.9 Å². The van der Waals surface area contributed by atoms with Crippen molar-refractivity contribution in [2.75, 3.05) is 11.5 Å². The van der Waals surface area contributed by atoms with Gasteiger partial charge in [-0.05, 0) is 33.6 Å². The van der Waals surface area contributed by atoms with Crippen LogP contribution in [0.3, 0.4) is 0 Å². The average molecular weight is 336 g/mol. The highest BCUT2D eigenvalue weighted by atomic mass is 16.6. The van der Waals surface area contributed by atoms with Crippen LogP contribution in [0.2, 0.25) is 0 Å². The minimum atomic E-state index is -0.482. The van der Waals surface area contributed by atoms with Gasteiger partial charge in [-0.1, -0.05) is 19.3 Å². The molecule has 0 amide bonds. The highest BCUT2D eigenvalue weighted by molar-refractivity contribution is 5.71. The second-order valence-corrected chi connectivity index (χ2v) is 7.43. The minimum Gasteiger partial charge on any atom is -0.460 e. The van der Waals surface area contributed by atoms with Crippen molar-refractivity contribution in [1.29, 1.82) is 0 Å². The molecule has 1 saturated carbocycles. The van der Waals surface area contributed by atoms with Crippen molar-refractivity contribution in [2.24, 2.45) is 0 Å². The molecule has 0 spiro atoms.